The summed E-state index contributed by atoms with van der Waals surface area (Å²) in [5.74, 6) is 0.910. The van der Waals surface area contributed by atoms with Gasteiger partial charge >= 0.3 is 0 Å². The largest absolute Gasteiger partial charge is 0.508 e. The molecule has 2 aliphatic rings. The Bertz CT molecular complexity index is 494. The van der Waals surface area contributed by atoms with Gasteiger partial charge in [0, 0.05) is 30.1 Å². The maximum atomic E-state index is 12.4. The molecule has 2 atom stereocenters. The summed E-state index contributed by atoms with van der Waals surface area (Å²) in [5.41, 5.74) is 0. The van der Waals surface area contributed by atoms with Crippen LogP contribution in [0, 0.1) is 0 Å². The SMILES string of the molecule is CN(C(=O)CSc1ccc(O)cc1)C1CC2CCC(C1)N2. The van der Waals surface area contributed by atoms with Crippen molar-refractivity contribution in [3.8, 4) is 5.75 Å². The van der Waals surface area contributed by atoms with Gasteiger partial charge < -0.3 is 15.3 Å². The number of hydrogen-bond donors (Lipinski definition) is 2. The predicted molar refractivity (Wildman–Crippen MR) is 84.6 cm³/mol. The number of phenolic OH excluding ortho intramolecular Hbond substituents is 1. The second-order valence-electron chi connectivity index (χ2n) is 6.05. The van der Waals surface area contributed by atoms with Gasteiger partial charge in [-0.2, -0.15) is 0 Å². The van der Waals surface area contributed by atoms with E-state index in [1.165, 1.54) is 24.6 Å². The average molecular weight is 306 g/mol. The van der Waals surface area contributed by atoms with Crippen LogP contribution in [0.15, 0.2) is 29.2 Å². The molecule has 0 radical (unpaired) electrons. The molecule has 1 amide bonds. The van der Waals surface area contributed by atoms with Crippen LogP contribution in [-0.4, -0.2) is 46.8 Å². The molecule has 1 aromatic rings. The molecule has 1 aromatic carbocycles. The van der Waals surface area contributed by atoms with Gasteiger partial charge in [0.1, 0.15) is 5.75 Å². The predicted octanol–water partition coefficient (Wildman–Crippen LogP) is 2.23. The molecule has 2 N–H and O–H groups in total. The number of nitrogens with zero attached hydrogens (tertiary/aromatic N) is 1. The third-order valence-corrected chi connectivity index (χ3v) is 5.59. The van der Waals surface area contributed by atoms with E-state index in [9.17, 15) is 9.90 Å². The molecule has 4 nitrogen and oxygen atoms in total. The number of benzene rings is 1. The van der Waals surface area contributed by atoms with Crippen molar-refractivity contribution in [2.24, 2.45) is 0 Å². The number of carbonyl (C=O) groups excluding carboxylic acids is 1. The molecule has 0 saturated carbocycles. The van der Waals surface area contributed by atoms with Gasteiger partial charge in [-0.25, -0.2) is 0 Å². The van der Waals surface area contributed by atoms with Crippen molar-refractivity contribution >= 4 is 17.7 Å². The molecule has 2 fully saturated rings. The number of nitrogens with one attached hydrogen (secondary N) is 1. The minimum absolute atomic E-state index is 0.194. The number of fused-ring (bicyclic) bond motifs is 2. The van der Waals surface area contributed by atoms with E-state index >= 15 is 0 Å². The number of thioether (sulfide) groups is 1. The summed E-state index contributed by atoms with van der Waals surface area (Å²) in [6.45, 7) is 0. The van der Waals surface area contributed by atoms with Gasteiger partial charge in [0.15, 0.2) is 0 Å². The van der Waals surface area contributed by atoms with E-state index < -0.39 is 0 Å². The molecule has 5 heteroatoms. The van der Waals surface area contributed by atoms with Gasteiger partial charge in [-0.15, -0.1) is 11.8 Å². The summed E-state index contributed by atoms with van der Waals surface area (Å²) in [6.07, 6.45) is 4.68. The molecule has 3 rings (SSSR count). The Morgan fingerprint density at radius 3 is 2.52 bits per heavy atom. The van der Waals surface area contributed by atoms with E-state index in [0.29, 0.717) is 23.9 Å². The highest BCUT2D eigenvalue weighted by atomic mass is 32.2. The molecule has 0 aliphatic carbocycles. The molecule has 2 heterocycles. The third kappa shape index (κ3) is 3.52. The second-order valence-corrected chi connectivity index (χ2v) is 7.10. The molecular formula is C16H22N2O2S. The third-order valence-electron chi connectivity index (χ3n) is 4.59. The smallest absolute Gasteiger partial charge is 0.232 e. The van der Waals surface area contributed by atoms with Crippen LogP contribution in [0.2, 0.25) is 0 Å². The normalized spacial score (nSPS) is 27.6. The lowest BCUT2D eigenvalue weighted by Gasteiger charge is -2.35. The molecular weight excluding hydrogens is 284 g/mol. The summed E-state index contributed by atoms with van der Waals surface area (Å²) in [4.78, 5) is 15.3. The van der Waals surface area contributed by atoms with E-state index in [-0.39, 0.29) is 11.7 Å². The monoisotopic (exact) mass is 306 g/mol. The summed E-state index contributed by atoms with van der Waals surface area (Å²) in [5, 5.41) is 12.9. The lowest BCUT2D eigenvalue weighted by atomic mass is 9.98. The van der Waals surface area contributed by atoms with Crippen LogP contribution in [0.1, 0.15) is 25.7 Å². The van der Waals surface area contributed by atoms with Gasteiger partial charge in [-0.3, -0.25) is 4.79 Å². The number of amides is 1. The van der Waals surface area contributed by atoms with Gasteiger partial charge in [0.2, 0.25) is 5.91 Å². The van der Waals surface area contributed by atoms with Crippen molar-refractivity contribution in [3.05, 3.63) is 24.3 Å². The zero-order valence-electron chi connectivity index (χ0n) is 12.3. The van der Waals surface area contributed by atoms with Crippen LogP contribution in [0.5, 0.6) is 5.75 Å². The van der Waals surface area contributed by atoms with E-state index in [1.54, 1.807) is 12.1 Å². The van der Waals surface area contributed by atoms with Gasteiger partial charge in [0.05, 0.1) is 5.75 Å². The molecule has 21 heavy (non-hydrogen) atoms. The van der Waals surface area contributed by atoms with E-state index in [0.717, 1.165) is 17.7 Å². The Kier molecular flexibility index (Phi) is 4.40. The van der Waals surface area contributed by atoms with Crippen molar-refractivity contribution < 1.29 is 9.90 Å². The highest BCUT2D eigenvalue weighted by molar-refractivity contribution is 8.00. The first-order valence-electron chi connectivity index (χ1n) is 7.55. The number of phenols is 1. The van der Waals surface area contributed by atoms with Crippen LogP contribution >= 0.6 is 11.8 Å². The number of rotatable bonds is 4. The van der Waals surface area contributed by atoms with Crippen molar-refractivity contribution in [1.82, 2.24) is 10.2 Å². The standard InChI is InChI=1S/C16H22N2O2S/c1-18(13-8-11-2-3-12(9-13)17-11)16(20)10-21-15-6-4-14(19)5-7-15/h4-7,11-13,17,19H,2-3,8-10H2,1H3. The molecule has 114 valence electrons. The minimum atomic E-state index is 0.194. The van der Waals surface area contributed by atoms with Crippen molar-refractivity contribution in [1.29, 1.82) is 0 Å². The first-order valence-corrected chi connectivity index (χ1v) is 8.54. The molecule has 2 unspecified atom stereocenters. The fraction of sp³-hybridized carbons (Fsp3) is 0.562. The van der Waals surface area contributed by atoms with Crippen molar-refractivity contribution in [3.63, 3.8) is 0 Å². The fourth-order valence-electron chi connectivity index (χ4n) is 3.34. The summed E-state index contributed by atoms with van der Waals surface area (Å²) in [6, 6.07) is 8.59. The van der Waals surface area contributed by atoms with E-state index in [2.05, 4.69) is 5.32 Å². The number of aromatic hydroxyl groups is 1. The Morgan fingerprint density at radius 2 is 1.90 bits per heavy atom. The summed E-state index contributed by atoms with van der Waals surface area (Å²) in [7, 11) is 1.94. The highest BCUT2D eigenvalue weighted by Gasteiger charge is 2.36. The van der Waals surface area contributed by atoms with Crippen LogP contribution in [-0.2, 0) is 4.79 Å². The Hall–Kier alpha value is -1.20. The first kappa shape index (κ1) is 14.7. The number of piperidine rings is 1. The van der Waals surface area contributed by atoms with E-state index in [4.69, 9.17) is 0 Å². The zero-order valence-corrected chi connectivity index (χ0v) is 13.1. The zero-order chi connectivity index (χ0) is 14.8. The van der Waals surface area contributed by atoms with Crippen LogP contribution in [0.3, 0.4) is 0 Å². The Labute approximate surface area is 129 Å². The highest BCUT2D eigenvalue weighted by Crippen LogP contribution is 2.30. The molecule has 2 bridgehead atoms. The molecule has 0 aromatic heterocycles. The number of hydrogen-bond acceptors (Lipinski definition) is 4. The maximum Gasteiger partial charge on any atom is 0.232 e. The topological polar surface area (TPSA) is 52.6 Å². The second kappa shape index (κ2) is 6.28. The van der Waals surface area contributed by atoms with Crippen LogP contribution in [0.25, 0.3) is 0 Å². The lowest BCUT2D eigenvalue weighted by Crippen LogP contribution is -2.49. The van der Waals surface area contributed by atoms with E-state index in [1.807, 2.05) is 24.1 Å². The summed E-state index contributed by atoms with van der Waals surface area (Å²) < 4.78 is 0. The molecule has 0 spiro atoms. The molecule has 2 aliphatic heterocycles. The average Bonchev–Trinajstić information content (AvgIpc) is 2.84. The molecule has 2 saturated heterocycles. The van der Waals surface area contributed by atoms with Gasteiger partial charge in [0.25, 0.3) is 0 Å². The van der Waals surface area contributed by atoms with Gasteiger partial charge in [-0.05, 0) is 49.9 Å². The minimum Gasteiger partial charge on any atom is -0.508 e. The Balaban J connectivity index is 1.51. The lowest BCUT2D eigenvalue weighted by molar-refractivity contribution is -0.129. The van der Waals surface area contributed by atoms with Crippen LogP contribution in [0.4, 0.5) is 0 Å². The quantitative estimate of drug-likeness (QED) is 0.838. The van der Waals surface area contributed by atoms with Crippen molar-refractivity contribution in [2.75, 3.05) is 12.8 Å². The fourth-order valence-corrected chi connectivity index (χ4v) is 4.16. The number of carbonyl (C=O) groups is 1. The Morgan fingerprint density at radius 1 is 1.29 bits per heavy atom. The summed E-state index contributed by atoms with van der Waals surface area (Å²) >= 11 is 1.53. The van der Waals surface area contributed by atoms with Crippen LogP contribution < -0.4 is 5.32 Å². The van der Waals surface area contributed by atoms with Crippen molar-refractivity contribution in [2.45, 2.75) is 48.7 Å². The first-order chi connectivity index (χ1) is 10.1. The van der Waals surface area contributed by atoms with Gasteiger partial charge in [-0.1, -0.05) is 0 Å². The maximum absolute atomic E-state index is 12.4.